The number of carbonyl (C=O) groups excluding carboxylic acids is 1. The van der Waals surface area contributed by atoms with E-state index in [9.17, 15) is 14.4 Å². The minimum atomic E-state index is -0.807. The summed E-state index contributed by atoms with van der Waals surface area (Å²) in [4.78, 5) is 15.8. The van der Waals surface area contributed by atoms with E-state index in [0.29, 0.717) is 18.8 Å². The lowest BCUT2D eigenvalue weighted by Crippen LogP contribution is -2.49. The number of hydrogen-bond acceptors (Lipinski definition) is 3. The molecule has 0 spiro atoms. The van der Waals surface area contributed by atoms with E-state index in [4.69, 9.17) is 0 Å². The highest BCUT2D eigenvalue weighted by atomic mass is 19.1. The second kappa shape index (κ2) is 6.00. The molecule has 1 saturated carbocycles. The zero-order valence-corrected chi connectivity index (χ0v) is 11.5. The van der Waals surface area contributed by atoms with Gasteiger partial charge in [-0.3, -0.25) is 4.79 Å². The molecular weight excluding hydrogens is 257 g/mol. The van der Waals surface area contributed by atoms with Gasteiger partial charge in [-0.05, 0) is 43.7 Å². The molecular formula is C15H18FN3O. The number of nitriles is 1. The Morgan fingerprint density at radius 2 is 2.25 bits per heavy atom. The lowest BCUT2D eigenvalue weighted by atomic mass is 9.76. The summed E-state index contributed by atoms with van der Waals surface area (Å²) in [5.74, 6) is -0.265. The van der Waals surface area contributed by atoms with E-state index in [0.717, 1.165) is 25.5 Å². The fourth-order valence-electron chi connectivity index (χ4n) is 2.63. The largest absolute Gasteiger partial charge is 0.332 e. The van der Waals surface area contributed by atoms with Crippen LogP contribution < -0.4 is 5.32 Å². The zero-order chi connectivity index (χ0) is 14.6. The van der Waals surface area contributed by atoms with Crippen LogP contribution in [0.4, 0.5) is 4.39 Å². The average molecular weight is 275 g/mol. The summed E-state index contributed by atoms with van der Waals surface area (Å²) in [6, 6.07) is 4.76. The Balaban J connectivity index is 2.05. The maximum absolute atomic E-state index is 12.8. The van der Waals surface area contributed by atoms with Crippen LogP contribution in [-0.4, -0.2) is 16.4 Å². The molecule has 0 radical (unpaired) electrons. The number of pyridine rings is 1. The predicted octanol–water partition coefficient (Wildman–Crippen LogP) is 2.81. The lowest BCUT2D eigenvalue weighted by Gasteiger charge is -2.35. The summed E-state index contributed by atoms with van der Waals surface area (Å²) in [7, 11) is 0. The first-order valence-corrected chi connectivity index (χ1v) is 6.94. The third-order valence-corrected chi connectivity index (χ3v) is 4.06. The van der Waals surface area contributed by atoms with Crippen LogP contribution in [0.5, 0.6) is 0 Å². The van der Waals surface area contributed by atoms with Crippen LogP contribution in [0, 0.1) is 23.1 Å². The zero-order valence-electron chi connectivity index (χ0n) is 11.5. The molecule has 1 aromatic heterocycles. The Morgan fingerprint density at radius 3 is 2.75 bits per heavy atom. The van der Waals surface area contributed by atoms with Gasteiger partial charge in [-0.2, -0.15) is 5.26 Å². The lowest BCUT2D eigenvalue weighted by molar-refractivity contribution is 0.0886. The van der Waals surface area contributed by atoms with Gasteiger partial charge in [0.15, 0.2) is 0 Å². The van der Waals surface area contributed by atoms with Crippen molar-refractivity contribution in [2.75, 3.05) is 0 Å². The van der Waals surface area contributed by atoms with Crippen molar-refractivity contribution in [2.24, 2.45) is 5.92 Å². The van der Waals surface area contributed by atoms with Crippen LogP contribution in [0.1, 0.15) is 49.5 Å². The highest BCUT2D eigenvalue weighted by Crippen LogP contribution is 2.33. The predicted molar refractivity (Wildman–Crippen MR) is 72.3 cm³/mol. The Labute approximate surface area is 118 Å². The Bertz CT molecular complexity index is 513. The van der Waals surface area contributed by atoms with Gasteiger partial charge in [-0.1, -0.05) is 13.3 Å². The molecule has 5 heteroatoms. The summed E-state index contributed by atoms with van der Waals surface area (Å²) < 4.78 is 12.8. The van der Waals surface area contributed by atoms with E-state index in [2.05, 4.69) is 23.3 Å². The van der Waals surface area contributed by atoms with Gasteiger partial charge in [0.2, 0.25) is 0 Å². The second-order valence-electron chi connectivity index (χ2n) is 5.36. The highest BCUT2D eigenvalue weighted by Gasteiger charge is 2.36. The summed E-state index contributed by atoms with van der Waals surface area (Å²) in [6.45, 7) is 2.14. The van der Waals surface area contributed by atoms with Gasteiger partial charge in [0.25, 0.3) is 5.91 Å². The van der Waals surface area contributed by atoms with E-state index < -0.39 is 17.3 Å². The van der Waals surface area contributed by atoms with Crippen molar-refractivity contribution >= 4 is 5.91 Å². The Kier molecular flexibility index (Phi) is 4.33. The molecule has 106 valence electrons. The molecule has 1 amide bonds. The number of aromatic nitrogens is 1. The molecule has 0 atom stereocenters. The van der Waals surface area contributed by atoms with Crippen LogP contribution in [0.15, 0.2) is 18.3 Å². The van der Waals surface area contributed by atoms with E-state index in [1.165, 1.54) is 12.1 Å². The maximum atomic E-state index is 12.8. The molecule has 0 bridgehead atoms. The molecule has 1 aliphatic carbocycles. The van der Waals surface area contributed by atoms with Crippen LogP contribution in [-0.2, 0) is 0 Å². The van der Waals surface area contributed by atoms with Gasteiger partial charge in [0.05, 0.1) is 12.3 Å². The van der Waals surface area contributed by atoms with Crippen molar-refractivity contribution in [2.45, 2.75) is 44.6 Å². The van der Waals surface area contributed by atoms with Gasteiger partial charge in [-0.15, -0.1) is 0 Å². The normalized spacial score (nSPS) is 25.8. The standard InChI is InChI=1S/C15H18FN3O/c1-2-11-5-7-15(10-17,8-6-11)19-14(20)13-4-3-12(16)9-18-13/h3-4,9,11H,2,5-8H2,1H3,(H,19,20). The topological polar surface area (TPSA) is 65.8 Å². The van der Waals surface area contributed by atoms with Crippen molar-refractivity contribution in [3.8, 4) is 6.07 Å². The number of halogens is 1. The first kappa shape index (κ1) is 14.4. The molecule has 0 unspecified atom stereocenters. The first-order valence-electron chi connectivity index (χ1n) is 6.94. The summed E-state index contributed by atoms with van der Waals surface area (Å²) in [5, 5.41) is 12.2. The molecule has 0 saturated heterocycles. The van der Waals surface area contributed by atoms with E-state index in [1.54, 1.807) is 0 Å². The smallest absolute Gasteiger partial charge is 0.271 e. The molecule has 1 fully saturated rings. The van der Waals surface area contributed by atoms with Crippen molar-refractivity contribution in [3.63, 3.8) is 0 Å². The van der Waals surface area contributed by atoms with Crippen LogP contribution >= 0.6 is 0 Å². The van der Waals surface area contributed by atoms with E-state index in [1.807, 2.05) is 0 Å². The van der Waals surface area contributed by atoms with Gasteiger partial charge in [0, 0.05) is 0 Å². The molecule has 2 rings (SSSR count). The summed E-state index contributed by atoms with van der Waals surface area (Å²) >= 11 is 0. The van der Waals surface area contributed by atoms with Crippen LogP contribution in [0.3, 0.4) is 0 Å². The number of hydrogen-bond donors (Lipinski definition) is 1. The molecule has 0 aliphatic heterocycles. The molecule has 1 aliphatic rings. The molecule has 1 N–H and O–H groups in total. The minimum absolute atomic E-state index is 0.138. The van der Waals surface area contributed by atoms with Crippen molar-refractivity contribution in [1.29, 1.82) is 5.26 Å². The van der Waals surface area contributed by atoms with E-state index >= 15 is 0 Å². The minimum Gasteiger partial charge on any atom is -0.332 e. The fraction of sp³-hybridized carbons (Fsp3) is 0.533. The molecule has 1 aromatic rings. The number of carbonyl (C=O) groups is 1. The van der Waals surface area contributed by atoms with Crippen LogP contribution in [0.25, 0.3) is 0 Å². The van der Waals surface area contributed by atoms with Gasteiger partial charge >= 0.3 is 0 Å². The van der Waals surface area contributed by atoms with Gasteiger partial charge in [0.1, 0.15) is 17.1 Å². The first-order chi connectivity index (χ1) is 9.58. The Hall–Kier alpha value is -1.96. The van der Waals surface area contributed by atoms with Crippen molar-refractivity contribution in [1.82, 2.24) is 10.3 Å². The summed E-state index contributed by atoms with van der Waals surface area (Å²) in [6.07, 6.45) is 5.32. The van der Waals surface area contributed by atoms with Crippen molar-refractivity contribution in [3.05, 3.63) is 29.8 Å². The highest BCUT2D eigenvalue weighted by molar-refractivity contribution is 5.93. The molecule has 1 heterocycles. The third kappa shape index (κ3) is 3.13. The van der Waals surface area contributed by atoms with Crippen LogP contribution in [0.2, 0.25) is 0 Å². The van der Waals surface area contributed by atoms with Gasteiger partial charge in [-0.25, -0.2) is 9.37 Å². The van der Waals surface area contributed by atoms with E-state index in [-0.39, 0.29) is 5.69 Å². The quantitative estimate of drug-likeness (QED) is 0.922. The number of nitrogens with one attached hydrogen (secondary N) is 1. The monoisotopic (exact) mass is 275 g/mol. The molecule has 4 nitrogen and oxygen atoms in total. The maximum Gasteiger partial charge on any atom is 0.271 e. The SMILES string of the molecule is CCC1CCC(C#N)(NC(=O)c2ccc(F)cn2)CC1. The number of rotatable bonds is 3. The number of amides is 1. The third-order valence-electron chi connectivity index (χ3n) is 4.06. The second-order valence-corrected chi connectivity index (χ2v) is 5.36. The molecule has 0 aromatic carbocycles. The Morgan fingerprint density at radius 1 is 1.55 bits per heavy atom. The average Bonchev–Trinajstić information content (AvgIpc) is 2.48. The number of nitrogens with zero attached hydrogens (tertiary/aromatic N) is 2. The fourth-order valence-corrected chi connectivity index (χ4v) is 2.63. The van der Waals surface area contributed by atoms with Crippen molar-refractivity contribution < 1.29 is 9.18 Å². The molecule has 20 heavy (non-hydrogen) atoms. The summed E-state index contributed by atoms with van der Waals surface area (Å²) in [5.41, 5.74) is -0.669. The van der Waals surface area contributed by atoms with Gasteiger partial charge < -0.3 is 5.32 Å².